The van der Waals surface area contributed by atoms with E-state index >= 15 is 0 Å². The van der Waals surface area contributed by atoms with Crippen LogP contribution in [0.1, 0.15) is 19.9 Å². The average molecular weight is 273 g/mol. The molecule has 0 amide bonds. The van der Waals surface area contributed by atoms with Crippen molar-refractivity contribution in [1.82, 2.24) is 19.4 Å². The molecule has 0 saturated heterocycles. The van der Waals surface area contributed by atoms with Crippen LogP contribution in [0.2, 0.25) is 0 Å². The first-order chi connectivity index (χ1) is 9.50. The summed E-state index contributed by atoms with van der Waals surface area (Å²) in [5.41, 5.74) is 7.96. The first kappa shape index (κ1) is 14.5. The third kappa shape index (κ3) is 2.99. The molecule has 1 atom stereocenters. The van der Waals surface area contributed by atoms with E-state index in [1.807, 2.05) is 24.7 Å². The first-order valence-corrected chi connectivity index (χ1v) is 6.88. The van der Waals surface area contributed by atoms with Crippen molar-refractivity contribution in [3.05, 3.63) is 30.9 Å². The summed E-state index contributed by atoms with van der Waals surface area (Å²) in [6, 6.07) is 4.24. The Bertz CT molecular complexity index is 559. The Kier molecular flexibility index (Phi) is 4.39. The largest absolute Gasteiger partial charge is 0.383 e. The van der Waals surface area contributed by atoms with Gasteiger partial charge in [0.05, 0.1) is 24.3 Å². The second-order valence-electron chi connectivity index (χ2n) is 5.70. The predicted octanol–water partition coefficient (Wildman–Crippen LogP) is 2.29. The standard InChI is InChI=1S/C15H23N5/c1-11(2)14(9-19(3)4)20-10-17-8-13(20)12-6-5-7-18-15(12)16/h5-8,10-11,14H,9H2,1-4H3,(H2,16,18). The van der Waals surface area contributed by atoms with Gasteiger partial charge in [-0.25, -0.2) is 9.97 Å². The van der Waals surface area contributed by atoms with Gasteiger partial charge in [-0.2, -0.15) is 0 Å². The molecule has 5 nitrogen and oxygen atoms in total. The zero-order chi connectivity index (χ0) is 14.7. The van der Waals surface area contributed by atoms with Crippen molar-refractivity contribution < 1.29 is 0 Å². The predicted molar refractivity (Wildman–Crippen MR) is 82.3 cm³/mol. The first-order valence-electron chi connectivity index (χ1n) is 6.88. The summed E-state index contributed by atoms with van der Waals surface area (Å²) in [6.07, 6.45) is 5.45. The lowest BCUT2D eigenvalue weighted by atomic mass is 10.0. The highest BCUT2D eigenvalue weighted by molar-refractivity contribution is 5.70. The smallest absolute Gasteiger partial charge is 0.132 e. The van der Waals surface area contributed by atoms with E-state index in [9.17, 15) is 0 Å². The van der Waals surface area contributed by atoms with E-state index < -0.39 is 0 Å². The van der Waals surface area contributed by atoms with Gasteiger partial charge in [-0.3, -0.25) is 0 Å². The molecular formula is C15H23N5. The molecule has 2 rings (SSSR count). The molecule has 2 aromatic heterocycles. The van der Waals surface area contributed by atoms with Crippen molar-refractivity contribution in [2.75, 3.05) is 26.4 Å². The Morgan fingerprint density at radius 2 is 2.10 bits per heavy atom. The number of aromatic nitrogens is 3. The summed E-state index contributed by atoms with van der Waals surface area (Å²) < 4.78 is 2.21. The van der Waals surface area contributed by atoms with E-state index in [1.165, 1.54) is 0 Å². The number of hydrogen-bond donors (Lipinski definition) is 1. The van der Waals surface area contributed by atoms with Gasteiger partial charge in [-0.1, -0.05) is 13.8 Å². The van der Waals surface area contributed by atoms with Crippen LogP contribution in [0.3, 0.4) is 0 Å². The van der Waals surface area contributed by atoms with Crippen LogP contribution < -0.4 is 5.73 Å². The fraction of sp³-hybridized carbons (Fsp3) is 0.467. The number of nitrogen functional groups attached to an aromatic ring is 1. The minimum Gasteiger partial charge on any atom is -0.383 e. The summed E-state index contributed by atoms with van der Waals surface area (Å²) in [4.78, 5) is 10.7. The molecule has 0 aliphatic rings. The summed E-state index contributed by atoms with van der Waals surface area (Å²) in [6.45, 7) is 5.41. The van der Waals surface area contributed by atoms with Gasteiger partial charge in [0.15, 0.2) is 0 Å². The lowest BCUT2D eigenvalue weighted by Gasteiger charge is -2.27. The molecule has 0 radical (unpaired) electrons. The fourth-order valence-corrected chi connectivity index (χ4v) is 2.41. The minimum absolute atomic E-state index is 0.349. The maximum absolute atomic E-state index is 6.00. The van der Waals surface area contributed by atoms with Crippen molar-refractivity contribution in [3.63, 3.8) is 0 Å². The van der Waals surface area contributed by atoms with Crippen LogP contribution in [0, 0.1) is 5.92 Å². The lowest BCUT2D eigenvalue weighted by molar-refractivity contribution is 0.270. The van der Waals surface area contributed by atoms with Crippen molar-refractivity contribution in [3.8, 4) is 11.3 Å². The Morgan fingerprint density at radius 3 is 2.70 bits per heavy atom. The van der Waals surface area contributed by atoms with Gasteiger partial charge in [0.25, 0.3) is 0 Å². The third-order valence-corrected chi connectivity index (χ3v) is 3.46. The van der Waals surface area contributed by atoms with Crippen molar-refractivity contribution in [2.24, 2.45) is 5.92 Å². The van der Waals surface area contributed by atoms with Crippen molar-refractivity contribution in [2.45, 2.75) is 19.9 Å². The summed E-state index contributed by atoms with van der Waals surface area (Å²) in [7, 11) is 4.18. The van der Waals surface area contributed by atoms with Crippen molar-refractivity contribution in [1.29, 1.82) is 0 Å². The number of anilines is 1. The van der Waals surface area contributed by atoms with Crippen LogP contribution in [-0.4, -0.2) is 40.1 Å². The lowest BCUT2D eigenvalue weighted by Crippen LogP contribution is -2.28. The van der Waals surface area contributed by atoms with E-state index in [-0.39, 0.29) is 0 Å². The Balaban J connectivity index is 2.44. The van der Waals surface area contributed by atoms with Crippen LogP contribution in [0.15, 0.2) is 30.9 Å². The molecule has 2 heterocycles. The summed E-state index contributed by atoms with van der Waals surface area (Å²) >= 11 is 0. The number of hydrogen-bond acceptors (Lipinski definition) is 4. The Hall–Kier alpha value is -1.88. The molecule has 5 heteroatoms. The quantitative estimate of drug-likeness (QED) is 0.908. The molecule has 0 saturated carbocycles. The number of imidazole rings is 1. The molecule has 20 heavy (non-hydrogen) atoms. The maximum Gasteiger partial charge on any atom is 0.132 e. The highest BCUT2D eigenvalue weighted by atomic mass is 15.2. The topological polar surface area (TPSA) is 60.0 Å². The minimum atomic E-state index is 0.349. The molecule has 2 N–H and O–H groups in total. The van der Waals surface area contributed by atoms with Gasteiger partial charge < -0.3 is 15.2 Å². The number of nitrogens with two attached hydrogens (primary N) is 1. The number of pyridine rings is 1. The van der Waals surface area contributed by atoms with E-state index in [0.717, 1.165) is 17.8 Å². The SMILES string of the molecule is CC(C)C(CN(C)C)n1cncc1-c1cccnc1N. The third-order valence-electron chi connectivity index (χ3n) is 3.46. The molecule has 2 aromatic rings. The van der Waals surface area contributed by atoms with Gasteiger partial charge in [0, 0.05) is 18.3 Å². The molecule has 1 unspecified atom stereocenters. The zero-order valence-corrected chi connectivity index (χ0v) is 12.6. The number of nitrogens with zero attached hydrogens (tertiary/aromatic N) is 4. The van der Waals surface area contributed by atoms with Gasteiger partial charge in [0.2, 0.25) is 0 Å². The Morgan fingerprint density at radius 1 is 1.35 bits per heavy atom. The monoisotopic (exact) mass is 273 g/mol. The average Bonchev–Trinajstić information content (AvgIpc) is 2.84. The maximum atomic E-state index is 6.00. The molecule has 0 fully saturated rings. The van der Waals surface area contributed by atoms with E-state index in [0.29, 0.717) is 17.8 Å². The second kappa shape index (κ2) is 6.05. The molecule has 0 aromatic carbocycles. The molecule has 0 spiro atoms. The van der Waals surface area contributed by atoms with Gasteiger partial charge in [0.1, 0.15) is 5.82 Å². The fourth-order valence-electron chi connectivity index (χ4n) is 2.41. The summed E-state index contributed by atoms with van der Waals surface area (Å²) in [5, 5.41) is 0. The normalized spacial score (nSPS) is 13.1. The van der Waals surface area contributed by atoms with Crippen molar-refractivity contribution >= 4 is 5.82 Å². The number of rotatable bonds is 5. The van der Waals surface area contributed by atoms with E-state index in [1.54, 1.807) is 6.20 Å². The van der Waals surface area contributed by atoms with Gasteiger partial charge in [-0.15, -0.1) is 0 Å². The zero-order valence-electron chi connectivity index (χ0n) is 12.6. The second-order valence-corrected chi connectivity index (χ2v) is 5.70. The number of likely N-dealkylation sites (N-methyl/N-ethyl adjacent to an activating group) is 1. The highest BCUT2D eigenvalue weighted by Crippen LogP contribution is 2.29. The van der Waals surface area contributed by atoms with E-state index in [2.05, 4.69) is 47.4 Å². The summed E-state index contributed by atoms with van der Waals surface area (Å²) in [5.74, 6) is 1.05. The van der Waals surface area contributed by atoms with Crippen LogP contribution in [0.4, 0.5) is 5.82 Å². The highest BCUT2D eigenvalue weighted by Gasteiger charge is 2.20. The van der Waals surface area contributed by atoms with Crippen LogP contribution in [0.25, 0.3) is 11.3 Å². The Labute approximate surface area is 120 Å². The molecule has 108 valence electrons. The van der Waals surface area contributed by atoms with Gasteiger partial charge in [-0.05, 0) is 32.1 Å². The molecule has 0 aliphatic carbocycles. The van der Waals surface area contributed by atoms with Crippen LogP contribution in [0.5, 0.6) is 0 Å². The molecular weight excluding hydrogens is 250 g/mol. The van der Waals surface area contributed by atoms with Gasteiger partial charge >= 0.3 is 0 Å². The molecule has 0 bridgehead atoms. The van der Waals surface area contributed by atoms with Crippen LogP contribution in [-0.2, 0) is 0 Å². The molecule has 0 aliphatic heterocycles. The van der Waals surface area contributed by atoms with Crippen LogP contribution >= 0.6 is 0 Å². The van der Waals surface area contributed by atoms with E-state index in [4.69, 9.17) is 5.73 Å².